The van der Waals surface area contributed by atoms with Crippen molar-refractivity contribution < 1.29 is 24.2 Å². The van der Waals surface area contributed by atoms with Crippen LogP contribution in [0.15, 0.2) is 0 Å². The Hall–Kier alpha value is -1.10. The second kappa shape index (κ2) is 27.9. The Bertz CT molecular complexity index is 505. The third-order valence-electron chi connectivity index (χ3n) is 7.02. The van der Waals surface area contributed by atoms with Gasteiger partial charge in [-0.25, -0.2) is 0 Å². The molecule has 1 N–H and O–H groups in total. The lowest BCUT2D eigenvalue weighted by Crippen LogP contribution is -2.25. The quantitative estimate of drug-likeness (QED) is 0.0813. The number of esters is 2. The molecular formula is C32H62O5. The van der Waals surface area contributed by atoms with Crippen LogP contribution in [-0.4, -0.2) is 36.4 Å². The van der Waals surface area contributed by atoms with Gasteiger partial charge in [0.05, 0.1) is 0 Å². The average Bonchev–Trinajstić information content (AvgIpc) is 2.87. The Morgan fingerprint density at radius 3 is 1.22 bits per heavy atom. The predicted octanol–water partition coefficient (Wildman–Crippen LogP) is 9.08. The molecule has 0 aromatic rings. The van der Waals surface area contributed by atoms with E-state index in [0.29, 0.717) is 12.8 Å². The highest BCUT2D eigenvalue weighted by Gasteiger charge is 2.12. The fourth-order valence-corrected chi connectivity index (χ4v) is 4.56. The van der Waals surface area contributed by atoms with Gasteiger partial charge in [-0.05, 0) is 18.8 Å². The van der Waals surface area contributed by atoms with Crippen molar-refractivity contribution in [1.82, 2.24) is 0 Å². The molecule has 0 aliphatic rings. The lowest BCUT2D eigenvalue weighted by atomic mass is 10.0. The summed E-state index contributed by atoms with van der Waals surface area (Å²) < 4.78 is 10.2. The van der Waals surface area contributed by atoms with Gasteiger partial charge in [-0.1, -0.05) is 143 Å². The first-order valence-electron chi connectivity index (χ1n) is 15.9. The number of hydrogen-bond donors (Lipinski definition) is 1. The summed E-state index contributed by atoms with van der Waals surface area (Å²) in [5, 5.41) is 9.86. The van der Waals surface area contributed by atoms with Crippen LogP contribution in [0.3, 0.4) is 0 Å². The van der Waals surface area contributed by atoms with Crippen LogP contribution in [0.2, 0.25) is 0 Å². The third-order valence-corrected chi connectivity index (χ3v) is 7.02. The summed E-state index contributed by atoms with van der Waals surface area (Å²) in [5.74, 6) is 0.285. The minimum absolute atomic E-state index is 0.110. The molecule has 0 aliphatic heterocycles. The van der Waals surface area contributed by atoms with E-state index >= 15 is 0 Å². The molecule has 0 amide bonds. The molecule has 37 heavy (non-hydrogen) atoms. The van der Waals surface area contributed by atoms with Gasteiger partial charge in [0.25, 0.3) is 0 Å². The lowest BCUT2D eigenvalue weighted by molar-refractivity contribution is -0.152. The smallest absolute Gasteiger partial charge is 0.305 e. The van der Waals surface area contributed by atoms with Crippen LogP contribution >= 0.6 is 0 Å². The highest BCUT2D eigenvalue weighted by molar-refractivity contribution is 5.69. The number of ether oxygens (including phenoxy) is 2. The molecular weight excluding hydrogens is 464 g/mol. The van der Waals surface area contributed by atoms with Gasteiger partial charge >= 0.3 is 11.9 Å². The van der Waals surface area contributed by atoms with Crippen LogP contribution in [0.4, 0.5) is 0 Å². The molecule has 0 radical (unpaired) electrons. The maximum absolute atomic E-state index is 11.8. The summed E-state index contributed by atoms with van der Waals surface area (Å²) in [6, 6.07) is 0. The van der Waals surface area contributed by atoms with Gasteiger partial charge in [0.1, 0.15) is 19.3 Å². The molecule has 0 saturated carbocycles. The summed E-state index contributed by atoms with van der Waals surface area (Å²) >= 11 is 0. The summed E-state index contributed by atoms with van der Waals surface area (Å²) in [5.41, 5.74) is 0. The lowest BCUT2D eigenvalue weighted by Gasteiger charge is -2.12. The van der Waals surface area contributed by atoms with Crippen molar-refractivity contribution in [2.75, 3.05) is 13.2 Å². The Labute approximate surface area is 229 Å². The summed E-state index contributed by atoms with van der Waals surface area (Å²) in [6.07, 6.45) is 26.1. The van der Waals surface area contributed by atoms with Crippen LogP contribution in [0, 0.1) is 5.92 Å². The standard InChI is InChI=1S/C32H62O5/c1-4-5-6-18-22-25-31(34)36-27-30(33)28-37-32(35)26-23-20-17-15-13-11-9-7-8-10-12-14-16-19-21-24-29(2)3/h29-30,33H,4-28H2,1-3H3/t30-/m0/s1. The molecule has 0 aromatic carbocycles. The summed E-state index contributed by atoms with van der Waals surface area (Å²) in [4.78, 5) is 23.5. The van der Waals surface area contributed by atoms with Crippen LogP contribution in [0.5, 0.6) is 0 Å². The van der Waals surface area contributed by atoms with Gasteiger partial charge in [-0.3, -0.25) is 9.59 Å². The van der Waals surface area contributed by atoms with E-state index < -0.39 is 6.10 Å². The molecule has 0 rings (SSSR count). The van der Waals surface area contributed by atoms with Crippen molar-refractivity contribution in [2.45, 2.75) is 175 Å². The topological polar surface area (TPSA) is 72.8 Å². The molecule has 0 unspecified atom stereocenters. The zero-order valence-corrected chi connectivity index (χ0v) is 24.9. The Balaban J connectivity index is 3.35. The minimum Gasteiger partial charge on any atom is -0.463 e. The number of aliphatic hydroxyl groups excluding tert-OH is 1. The first kappa shape index (κ1) is 35.9. The zero-order chi connectivity index (χ0) is 27.4. The molecule has 1 atom stereocenters. The zero-order valence-electron chi connectivity index (χ0n) is 24.9. The van der Waals surface area contributed by atoms with E-state index in [1.165, 1.54) is 103 Å². The Morgan fingerprint density at radius 1 is 0.541 bits per heavy atom. The molecule has 5 heteroatoms. The second-order valence-electron chi connectivity index (χ2n) is 11.4. The van der Waals surface area contributed by atoms with E-state index in [1.54, 1.807) is 0 Å². The van der Waals surface area contributed by atoms with Crippen molar-refractivity contribution in [3.63, 3.8) is 0 Å². The van der Waals surface area contributed by atoms with E-state index in [0.717, 1.165) is 38.0 Å². The van der Waals surface area contributed by atoms with E-state index in [9.17, 15) is 14.7 Å². The van der Waals surface area contributed by atoms with Gasteiger partial charge in [-0.2, -0.15) is 0 Å². The SMILES string of the molecule is CCCCCCCC(=O)OC[C@H](O)COC(=O)CCCCCCCCCCCCCCCCCC(C)C. The van der Waals surface area contributed by atoms with Crippen LogP contribution < -0.4 is 0 Å². The molecule has 0 saturated heterocycles. The van der Waals surface area contributed by atoms with Crippen molar-refractivity contribution in [2.24, 2.45) is 5.92 Å². The van der Waals surface area contributed by atoms with Crippen LogP contribution in [0.1, 0.15) is 168 Å². The van der Waals surface area contributed by atoms with Gasteiger partial charge in [0.15, 0.2) is 0 Å². The fourth-order valence-electron chi connectivity index (χ4n) is 4.56. The predicted molar refractivity (Wildman–Crippen MR) is 155 cm³/mol. The van der Waals surface area contributed by atoms with Gasteiger partial charge in [0.2, 0.25) is 0 Å². The van der Waals surface area contributed by atoms with E-state index in [-0.39, 0.29) is 25.2 Å². The maximum Gasteiger partial charge on any atom is 0.305 e. The number of hydrogen-bond acceptors (Lipinski definition) is 5. The van der Waals surface area contributed by atoms with Gasteiger partial charge in [0, 0.05) is 12.8 Å². The normalized spacial score (nSPS) is 12.1. The molecule has 0 aliphatic carbocycles. The first-order valence-corrected chi connectivity index (χ1v) is 15.9. The van der Waals surface area contributed by atoms with E-state index in [4.69, 9.17) is 9.47 Å². The number of rotatable bonds is 28. The molecule has 0 bridgehead atoms. The van der Waals surface area contributed by atoms with Crippen LogP contribution in [0.25, 0.3) is 0 Å². The number of carbonyl (C=O) groups excluding carboxylic acids is 2. The molecule has 0 spiro atoms. The van der Waals surface area contributed by atoms with Gasteiger partial charge in [-0.15, -0.1) is 0 Å². The average molecular weight is 527 g/mol. The highest BCUT2D eigenvalue weighted by Crippen LogP contribution is 2.15. The highest BCUT2D eigenvalue weighted by atomic mass is 16.6. The van der Waals surface area contributed by atoms with Crippen molar-refractivity contribution in [3.05, 3.63) is 0 Å². The van der Waals surface area contributed by atoms with E-state index in [1.807, 2.05) is 0 Å². The van der Waals surface area contributed by atoms with E-state index in [2.05, 4.69) is 20.8 Å². The fraction of sp³-hybridized carbons (Fsp3) is 0.938. The number of unbranched alkanes of at least 4 members (excludes halogenated alkanes) is 18. The first-order chi connectivity index (χ1) is 18.0. The minimum atomic E-state index is -0.951. The Kier molecular flexibility index (Phi) is 27.1. The second-order valence-corrected chi connectivity index (χ2v) is 11.4. The number of aliphatic hydroxyl groups is 1. The molecule has 0 aromatic heterocycles. The summed E-state index contributed by atoms with van der Waals surface area (Å²) in [6.45, 7) is 6.57. The van der Waals surface area contributed by atoms with Crippen molar-refractivity contribution in [1.29, 1.82) is 0 Å². The Morgan fingerprint density at radius 2 is 0.865 bits per heavy atom. The molecule has 5 nitrogen and oxygen atoms in total. The maximum atomic E-state index is 11.8. The molecule has 0 heterocycles. The number of carbonyl (C=O) groups is 2. The van der Waals surface area contributed by atoms with Gasteiger partial charge < -0.3 is 14.6 Å². The largest absolute Gasteiger partial charge is 0.463 e. The van der Waals surface area contributed by atoms with Crippen LogP contribution in [-0.2, 0) is 19.1 Å². The molecule has 0 fully saturated rings. The summed E-state index contributed by atoms with van der Waals surface area (Å²) in [7, 11) is 0. The monoisotopic (exact) mass is 526 g/mol. The van der Waals surface area contributed by atoms with Crippen molar-refractivity contribution >= 4 is 11.9 Å². The van der Waals surface area contributed by atoms with Crippen molar-refractivity contribution in [3.8, 4) is 0 Å². The third kappa shape index (κ3) is 29.3. The molecule has 220 valence electrons.